The highest BCUT2D eigenvalue weighted by Gasteiger charge is 2.17. The summed E-state index contributed by atoms with van der Waals surface area (Å²) < 4.78 is 19.4. The number of methoxy groups -OCH3 is 1. The first-order valence-electron chi connectivity index (χ1n) is 8.64. The zero-order chi connectivity index (χ0) is 20.4. The number of rotatable bonds is 6. The van der Waals surface area contributed by atoms with Crippen LogP contribution in [0.15, 0.2) is 65.6 Å². The minimum atomic E-state index is -0.381. The van der Waals surface area contributed by atoms with Gasteiger partial charge in [0.15, 0.2) is 0 Å². The van der Waals surface area contributed by atoms with E-state index in [1.165, 1.54) is 41.3 Å². The van der Waals surface area contributed by atoms with Gasteiger partial charge in [-0.1, -0.05) is 12.1 Å². The summed E-state index contributed by atoms with van der Waals surface area (Å²) >= 11 is 2.76. The summed E-state index contributed by atoms with van der Waals surface area (Å²) in [6.07, 6.45) is 0. The van der Waals surface area contributed by atoms with E-state index in [0.717, 1.165) is 21.6 Å². The summed E-state index contributed by atoms with van der Waals surface area (Å²) in [6.45, 7) is 0. The highest BCUT2D eigenvalue weighted by molar-refractivity contribution is 7.98. The van der Waals surface area contributed by atoms with Gasteiger partial charge in [-0.05, 0) is 48.0 Å². The van der Waals surface area contributed by atoms with E-state index in [1.807, 2.05) is 24.3 Å². The normalized spacial score (nSPS) is 11.0. The Kier molecular flexibility index (Phi) is 5.46. The van der Waals surface area contributed by atoms with Crippen LogP contribution < -0.4 is 4.74 Å². The van der Waals surface area contributed by atoms with Crippen molar-refractivity contribution in [3.05, 3.63) is 82.2 Å². The average Bonchev–Trinajstić information content (AvgIpc) is 3.15. The monoisotopic (exact) mass is 426 g/mol. The van der Waals surface area contributed by atoms with E-state index in [0.29, 0.717) is 21.2 Å². The first kappa shape index (κ1) is 19.4. The second-order valence-corrected chi connectivity index (χ2v) is 8.26. The van der Waals surface area contributed by atoms with Gasteiger partial charge in [-0.15, -0.1) is 23.1 Å². The van der Waals surface area contributed by atoms with E-state index < -0.39 is 0 Å². The van der Waals surface area contributed by atoms with Crippen molar-refractivity contribution in [2.24, 2.45) is 0 Å². The van der Waals surface area contributed by atoms with E-state index in [1.54, 1.807) is 25.3 Å². The molecule has 0 saturated carbocycles. The number of halogens is 1. The maximum Gasteiger partial charge on any atom is 0.282 e. The molecule has 8 heteroatoms. The van der Waals surface area contributed by atoms with Crippen LogP contribution in [-0.2, 0) is 5.75 Å². The van der Waals surface area contributed by atoms with Gasteiger partial charge in [0.05, 0.1) is 27.1 Å². The predicted octanol–water partition coefficient (Wildman–Crippen LogP) is 6.31. The van der Waals surface area contributed by atoms with Crippen molar-refractivity contribution < 1.29 is 14.1 Å². The van der Waals surface area contributed by atoms with Gasteiger partial charge in [0, 0.05) is 17.4 Å². The first-order valence-corrected chi connectivity index (χ1v) is 10.4. The highest BCUT2D eigenvalue weighted by atomic mass is 32.2. The van der Waals surface area contributed by atoms with Crippen LogP contribution in [0.4, 0.5) is 10.1 Å². The molecule has 0 aliphatic carbocycles. The number of nitro groups is 1. The maximum atomic E-state index is 13.5. The fourth-order valence-corrected chi connectivity index (χ4v) is 4.82. The van der Waals surface area contributed by atoms with Gasteiger partial charge in [0.1, 0.15) is 16.6 Å². The molecule has 0 atom stereocenters. The van der Waals surface area contributed by atoms with E-state index in [4.69, 9.17) is 4.74 Å². The van der Waals surface area contributed by atoms with Crippen LogP contribution in [0.2, 0.25) is 0 Å². The Hall–Kier alpha value is -2.97. The topological polar surface area (TPSA) is 65.3 Å². The Balaban J connectivity index is 1.64. The lowest BCUT2D eigenvalue weighted by molar-refractivity contribution is -0.387. The summed E-state index contributed by atoms with van der Waals surface area (Å²) in [5.41, 5.74) is 2.57. The minimum absolute atomic E-state index is 0.0550. The Morgan fingerprint density at radius 1 is 1.14 bits per heavy atom. The molecular weight excluding hydrogens is 411 g/mol. The van der Waals surface area contributed by atoms with Gasteiger partial charge < -0.3 is 4.74 Å². The molecule has 0 bridgehead atoms. The molecule has 3 aromatic carbocycles. The van der Waals surface area contributed by atoms with Gasteiger partial charge in [-0.3, -0.25) is 10.1 Å². The number of ether oxygens (including phenoxy) is 1. The molecule has 0 N–H and O–H groups in total. The molecule has 146 valence electrons. The molecular formula is C21H15FN2O3S2. The van der Waals surface area contributed by atoms with Gasteiger partial charge in [-0.2, -0.15) is 0 Å². The summed E-state index contributed by atoms with van der Waals surface area (Å²) in [6, 6.07) is 17.0. The van der Waals surface area contributed by atoms with Gasteiger partial charge in [-0.25, -0.2) is 9.37 Å². The number of nitrogens with zero attached hydrogens (tertiary/aromatic N) is 2. The summed E-state index contributed by atoms with van der Waals surface area (Å²) in [4.78, 5) is 16.2. The molecule has 0 amide bonds. The van der Waals surface area contributed by atoms with Crippen molar-refractivity contribution in [1.29, 1.82) is 0 Å². The van der Waals surface area contributed by atoms with E-state index in [-0.39, 0.29) is 16.4 Å². The van der Waals surface area contributed by atoms with Crippen LogP contribution in [0.25, 0.3) is 20.8 Å². The number of thioether (sulfide) groups is 1. The van der Waals surface area contributed by atoms with Crippen molar-refractivity contribution in [3.63, 3.8) is 0 Å². The van der Waals surface area contributed by atoms with Crippen LogP contribution in [0.5, 0.6) is 5.75 Å². The van der Waals surface area contributed by atoms with E-state index in [2.05, 4.69) is 4.98 Å². The number of aromatic nitrogens is 1. The highest BCUT2D eigenvalue weighted by Crippen LogP contribution is 2.37. The molecule has 0 fully saturated rings. The lowest BCUT2D eigenvalue weighted by atomic mass is 10.2. The smallest absolute Gasteiger partial charge is 0.282 e. The van der Waals surface area contributed by atoms with Crippen LogP contribution >= 0.6 is 23.1 Å². The van der Waals surface area contributed by atoms with Crippen molar-refractivity contribution in [3.8, 4) is 16.3 Å². The predicted molar refractivity (Wildman–Crippen MR) is 114 cm³/mol. The fraction of sp³-hybridized carbons (Fsp3) is 0.0952. The zero-order valence-electron chi connectivity index (χ0n) is 15.3. The molecule has 0 saturated heterocycles. The molecule has 0 spiro atoms. The van der Waals surface area contributed by atoms with Gasteiger partial charge in [0.2, 0.25) is 0 Å². The SMILES string of the molecule is COc1ccc(CSc2cc(-c3nc4ccc(F)cc4s3)ccc2[N+](=O)[O-])cc1. The van der Waals surface area contributed by atoms with Crippen molar-refractivity contribution in [1.82, 2.24) is 4.98 Å². The number of thiazole rings is 1. The Morgan fingerprint density at radius 2 is 1.93 bits per heavy atom. The standard InChI is InChI=1S/C21H15FN2O3S2/c1-27-16-6-2-13(3-7-16)12-28-20-10-14(4-9-18(20)24(25)26)21-23-17-8-5-15(22)11-19(17)29-21/h2-11H,12H2,1H3. The van der Waals surface area contributed by atoms with Crippen molar-refractivity contribution >= 4 is 39.0 Å². The number of nitro benzene ring substituents is 1. The molecule has 4 rings (SSSR count). The summed E-state index contributed by atoms with van der Waals surface area (Å²) in [5, 5.41) is 12.2. The largest absolute Gasteiger partial charge is 0.497 e. The molecule has 0 aliphatic heterocycles. The summed E-state index contributed by atoms with van der Waals surface area (Å²) in [7, 11) is 1.61. The van der Waals surface area contributed by atoms with Crippen LogP contribution in [0.1, 0.15) is 5.56 Å². The van der Waals surface area contributed by atoms with E-state index in [9.17, 15) is 14.5 Å². The number of fused-ring (bicyclic) bond motifs is 1. The second-order valence-electron chi connectivity index (χ2n) is 6.21. The molecule has 29 heavy (non-hydrogen) atoms. The Bertz CT molecular complexity index is 1190. The van der Waals surface area contributed by atoms with Crippen molar-refractivity contribution in [2.45, 2.75) is 10.6 Å². The summed E-state index contributed by atoms with van der Waals surface area (Å²) in [5.74, 6) is 1.03. The zero-order valence-corrected chi connectivity index (χ0v) is 16.9. The fourth-order valence-electron chi connectivity index (χ4n) is 2.82. The minimum Gasteiger partial charge on any atom is -0.497 e. The molecule has 0 radical (unpaired) electrons. The first-order chi connectivity index (χ1) is 14.0. The van der Waals surface area contributed by atoms with Crippen LogP contribution in [0.3, 0.4) is 0 Å². The van der Waals surface area contributed by atoms with Crippen LogP contribution in [0, 0.1) is 15.9 Å². The van der Waals surface area contributed by atoms with E-state index >= 15 is 0 Å². The quantitative estimate of drug-likeness (QED) is 0.205. The number of hydrogen-bond donors (Lipinski definition) is 0. The van der Waals surface area contributed by atoms with Gasteiger partial charge >= 0.3 is 0 Å². The molecule has 1 heterocycles. The third kappa shape index (κ3) is 4.23. The third-order valence-electron chi connectivity index (χ3n) is 4.31. The van der Waals surface area contributed by atoms with Crippen LogP contribution in [-0.4, -0.2) is 17.0 Å². The second kappa shape index (κ2) is 8.18. The molecule has 0 unspecified atom stereocenters. The third-order valence-corrected chi connectivity index (χ3v) is 6.49. The lowest BCUT2D eigenvalue weighted by Crippen LogP contribution is -1.92. The van der Waals surface area contributed by atoms with Gasteiger partial charge in [0.25, 0.3) is 5.69 Å². The molecule has 0 aliphatic rings. The Morgan fingerprint density at radius 3 is 2.66 bits per heavy atom. The lowest BCUT2D eigenvalue weighted by Gasteiger charge is -2.06. The molecule has 1 aromatic heterocycles. The number of benzene rings is 3. The molecule has 4 aromatic rings. The maximum absolute atomic E-state index is 13.5. The molecule has 5 nitrogen and oxygen atoms in total. The van der Waals surface area contributed by atoms with Crippen molar-refractivity contribution in [2.75, 3.05) is 7.11 Å². The number of hydrogen-bond acceptors (Lipinski definition) is 6. The Labute approximate surface area is 174 Å². The average molecular weight is 426 g/mol.